The molecule has 3 aliphatic rings. The molecule has 0 aliphatic carbocycles. The molecule has 0 N–H and O–H groups in total. The van der Waals surface area contributed by atoms with Crippen molar-refractivity contribution in [2.45, 2.75) is 59.2 Å². The fourth-order valence-electron chi connectivity index (χ4n) is 3.92. The van der Waals surface area contributed by atoms with E-state index in [9.17, 15) is 0 Å². The van der Waals surface area contributed by atoms with Gasteiger partial charge in [-0.1, -0.05) is 6.07 Å². The Morgan fingerprint density at radius 1 is 1.05 bits per heavy atom. The van der Waals surface area contributed by atoms with Crippen LogP contribution in [0.5, 0.6) is 0 Å². The molecule has 1 aromatic carbocycles. The van der Waals surface area contributed by atoms with E-state index in [1.165, 1.54) is 54.7 Å². The van der Waals surface area contributed by atoms with Crippen molar-refractivity contribution in [1.29, 1.82) is 0 Å². The third-order valence-electron chi connectivity index (χ3n) is 5.12. The maximum atomic E-state index is 2.70. The summed E-state index contributed by atoms with van der Waals surface area (Å²) in [4.78, 5) is 5.35. The quantitative estimate of drug-likeness (QED) is 0.759. The van der Waals surface area contributed by atoms with E-state index in [1.807, 2.05) is 0 Å². The highest BCUT2D eigenvalue weighted by Crippen LogP contribution is 2.35. The Labute approximate surface area is 117 Å². The summed E-state index contributed by atoms with van der Waals surface area (Å²) in [5.74, 6) is 0. The van der Waals surface area contributed by atoms with Gasteiger partial charge in [0.1, 0.15) is 0 Å². The topological polar surface area (TPSA) is 6.48 Å². The Morgan fingerprint density at radius 3 is 2.63 bits per heavy atom. The maximum Gasteiger partial charge on any atom is 0.0795 e. The monoisotopic (exact) mass is 258 g/mol. The molecule has 3 atom stereocenters. The number of nitrogens with zero attached hydrogens (tertiary/aromatic N) is 2. The number of fused-ring (bicyclic) bond motifs is 4. The highest BCUT2D eigenvalue weighted by molar-refractivity contribution is 5.59. The second-order valence-electron chi connectivity index (χ2n) is 6.39. The van der Waals surface area contributed by atoms with Gasteiger partial charge in [0.15, 0.2) is 0 Å². The van der Waals surface area contributed by atoms with E-state index in [-0.39, 0.29) is 0 Å². The Bertz CT molecular complexity index is 474. The lowest BCUT2D eigenvalue weighted by atomic mass is 9.99. The zero-order valence-corrected chi connectivity index (χ0v) is 12.7. The molecule has 3 fully saturated rings. The Morgan fingerprint density at radius 2 is 1.84 bits per heavy atom. The highest BCUT2D eigenvalue weighted by atomic mass is 15.4. The SMILES string of the molecule is Cc1cc(C)c(C)c(N2C3CCCN(CC3)[C@@H]2C)c1. The molecule has 0 spiro atoms. The zero-order chi connectivity index (χ0) is 13.6. The molecule has 2 nitrogen and oxygen atoms in total. The Hall–Kier alpha value is -1.02. The van der Waals surface area contributed by atoms with Crippen molar-refractivity contribution in [3.63, 3.8) is 0 Å². The van der Waals surface area contributed by atoms with Gasteiger partial charge in [0.2, 0.25) is 0 Å². The maximum absolute atomic E-state index is 2.70. The zero-order valence-electron chi connectivity index (χ0n) is 12.7. The summed E-state index contributed by atoms with van der Waals surface area (Å²) in [6, 6.07) is 5.44. The van der Waals surface area contributed by atoms with E-state index >= 15 is 0 Å². The Balaban J connectivity index is 2.05. The first kappa shape index (κ1) is 13.0. The molecular formula is C17H26N2. The average Bonchev–Trinajstić information content (AvgIpc) is 2.68. The van der Waals surface area contributed by atoms with Gasteiger partial charge in [-0.15, -0.1) is 0 Å². The predicted octanol–water partition coefficient (Wildman–Crippen LogP) is 3.63. The van der Waals surface area contributed by atoms with E-state index in [0.717, 1.165) is 6.04 Å². The normalized spacial score (nSPS) is 30.5. The van der Waals surface area contributed by atoms with Gasteiger partial charge in [0, 0.05) is 24.8 Å². The smallest absolute Gasteiger partial charge is 0.0795 e. The van der Waals surface area contributed by atoms with Gasteiger partial charge in [-0.25, -0.2) is 0 Å². The van der Waals surface area contributed by atoms with Crippen LogP contribution in [-0.2, 0) is 0 Å². The van der Waals surface area contributed by atoms with Crippen LogP contribution in [0.25, 0.3) is 0 Å². The van der Waals surface area contributed by atoms with Gasteiger partial charge >= 0.3 is 0 Å². The molecule has 2 heteroatoms. The summed E-state index contributed by atoms with van der Waals surface area (Å²) < 4.78 is 0. The molecule has 0 aromatic heterocycles. The number of anilines is 1. The van der Waals surface area contributed by atoms with Crippen molar-refractivity contribution < 1.29 is 0 Å². The van der Waals surface area contributed by atoms with E-state index in [1.54, 1.807) is 0 Å². The summed E-state index contributed by atoms with van der Waals surface area (Å²) >= 11 is 0. The number of benzene rings is 1. The number of hydrogen-bond donors (Lipinski definition) is 0. The first-order valence-electron chi connectivity index (χ1n) is 7.68. The van der Waals surface area contributed by atoms with Crippen LogP contribution in [0.2, 0.25) is 0 Å². The van der Waals surface area contributed by atoms with Crippen molar-refractivity contribution >= 4 is 5.69 Å². The molecule has 104 valence electrons. The van der Waals surface area contributed by atoms with Crippen LogP contribution in [0.4, 0.5) is 5.69 Å². The molecule has 3 aliphatic heterocycles. The van der Waals surface area contributed by atoms with E-state index in [0.29, 0.717) is 6.17 Å². The van der Waals surface area contributed by atoms with Crippen LogP contribution >= 0.6 is 0 Å². The third kappa shape index (κ3) is 2.16. The summed E-state index contributed by atoms with van der Waals surface area (Å²) in [6.45, 7) is 11.7. The van der Waals surface area contributed by atoms with E-state index < -0.39 is 0 Å². The largest absolute Gasteiger partial charge is 0.353 e. The van der Waals surface area contributed by atoms with Gasteiger partial charge in [0.05, 0.1) is 6.17 Å². The van der Waals surface area contributed by atoms with Gasteiger partial charge in [-0.05, 0) is 69.7 Å². The molecule has 4 rings (SSSR count). The van der Waals surface area contributed by atoms with Crippen LogP contribution in [-0.4, -0.2) is 30.2 Å². The van der Waals surface area contributed by atoms with Crippen molar-refractivity contribution in [3.8, 4) is 0 Å². The summed E-state index contributed by atoms with van der Waals surface area (Å²) in [5.41, 5.74) is 5.76. The fourth-order valence-corrected chi connectivity index (χ4v) is 3.92. The first-order valence-corrected chi connectivity index (χ1v) is 7.68. The molecule has 3 heterocycles. The fraction of sp³-hybridized carbons (Fsp3) is 0.647. The summed E-state index contributed by atoms with van der Waals surface area (Å²) in [5, 5.41) is 0. The molecule has 3 saturated heterocycles. The second kappa shape index (κ2) is 4.82. The van der Waals surface area contributed by atoms with Crippen LogP contribution in [0.15, 0.2) is 12.1 Å². The minimum Gasteiger partial charge on any atom is -0.353 e. The van der Waals surface area contributed by atoms with Crippen LogP contribution in [0.1, 0.15) is 42.9 Å². The lowest BCUT2D eigenvalue weighted by Gasteiger charge is -2.46. The molecule has 2 unspecified atom stereocenters. The third-order valence-corrected chi connectivity index (χ3v) is 5.12. The molecular weight excluding hydrogens is 232 g/mol. The number of rotatable bonds is 1. The van der Waals surface area contributed by atoms with Crippen molar-refractivity contribution in [3.05, 3.63) is 28.8 Å². The number of hydrogen-bond acceptors (Lipinski definition) is 2. The van der Waals surface area contributed by atoms with Crippen molar-refractivity contribution in [2.24, 2.45) is 0 Å². The van der Waals surface area contributed by atoms with E-state index in [4.69, 9.17) is 0 Å². The Kier molecular flexibility index (Phi) is 3.30. The highest BCUT2D eigenvalue weighted by Gasteiger charge is 2.36. The van der Waals surface area contributed by atoms with Gasteiger partial charge in [-0.2, -0.15) is 0 Å². The molecule has 0 saturated carbocycles. The average molecular weight is 258 g/mol. The van der Waals surface area contributed by atoms with Crippen molar-refractivity contribution in [2.75, 3.05) is 18.0 Å². The van der Waals surface area contributed by atoms with Gasteiger partial charge in [-0.3, -0.25) is 4.90 Å². The lowest BCUT2D eigenvalue weighted by molar-refractivity contribution is 0.177. The summed E-state index contributed by atoms with van der Waals surface area (Å²) in [6.07, 6.45) is 4.60. The molecule has 0 amide bonds. The van der Waals surface area contributed by atoms with Crippen LogP contribution in [0.3, 0.4) is 0 Å². The van der Waals surface area contributed by atoms with Gasteiger partial charge < -0.3 is 4.90 Å². The lowest BCUT2D eigenvalue weighted by Crippen LogP contribution is -2.55. The summed E-state index contributed by atoms with van der Waals surface area (Å²) in [7, 11) is 0. The van der Waals surface area contributed by atoms with Crippen molar-refractivity contribution in [1.82, 2.24) is 4.90 Å². The predicted molar refractivity (Wildman–Crippen MR) is 81.8 cm³/mol. The van der Waals surface area contributed by atoms with E-state index in [2.05, 4.69) is 49.6 Å². The molecule has 2 bridgehead atoms. The minimum atomic E-state index is 0.557. The molecule has 1 aromatic rings. The van der Waals surface area contributed by atoms with Crippen LogP contribution < -0.4 is 4.90 Å². The standard InChI is InChI=1S/C17H26N2/c1-12-10-13(2)14(3)17(11-12)19-15(4)18-8-5-6-16(19)7-9-18/h10-11,15-16H,5-9H2,1-4H3/t15-,16?/m0/s1. The van der Waals surface area contributed by atoms with Crippen LogP contribution in [0, 0.1) is 20.8 Å². The molecule has 0 radical (unpaired) electrons. The number of aryl methyl sites for hydroxylation is 2. The van der Waals surface area contributed by atoms with Gasteiger partial charge in [0.25, 0.3) is 0 Å². The second-order valence-corrected chi connectivity index (χ2v) is 6.39. The first-order chi connectivity index (χ1) is 9.08. The minimum absolute atomic E-state index is 0.557. The molecule has 19 heavy (non-hydrogen) atoms.